The molecule has 1 fully saturated rings. The lowest BCUT2D eigenvalue weighted by molar-refractivity contribution is 0.386. The van der Waals surface area contributed by atoms with E-state index < -0.39 is 26.9 Å². The molecule has 1 saturated carbocycles. The zero-order valence-corrected chi connectivity index (χ0v) is 21.7. The van der Waals surface area contributed by atoms with Crippen molar-refractivity contribution in [3.8, 4) is 0 Å². The first-order chi connectivity index (χ1) is 14.7. The maximum absolute atomic E-state index is 14.5. The second-order valence-corrected chi connectivity index (χ2v) is 10.2. The average Bonchev–Trinajstić information content (AvgIpc) is 3.16. The van der Waals surface area contributed by atoms with Gasteiger partial charge in [-0.25, -0.2) is 17.2 Å². The van der Waals surface area contributed by atoms with E-state index in [1.807, 2.05) is 6.07 Å². The van der Waals surface area contributed by atoms with Crippen LogP contribution in [0.25, 0.3) is 0 Å². The van der Waals surface area contributed by atoms with Gasteiger partial charge in [-0.05, 0) is 49.1 Å². The van der Waals surface area contributed by atoms with E-state index in [1.165, 1.54) is 24.5 Å². The topological polar surface area (TPSA) is 70.6 Å². The quantitative estimate of drug-likeness (QED) is 0.302. The Balaban J connectivity index is 0.00000363. The fourth-order valence-electron chi connectivity index (χ4n) is 4.47. The Labute approximate surface area is 206 Å². The molecule has 0 aromatic heterocycles. The number of hydrogen-bond acceptors (Lipinski definition) is 3. The first-order valence-electron chi connectivity index (χ1n) is 10.3. The predicted molar refractivity (Wildman–Crippen MR) is 134 cm³/mol. The standard InChI is InChI=1S/C23H29F2N3O2S.HI/c1-16-13-17(9-10-20(16)31(3,29)30)14-27-22(26-2)28-15-23(11-4-5-12-23)21-18(24)7-6-8-19(21)25;/h6-10,13H,4-5,11-12,14-15H2,1-3H3,(H2,26,27,28);1H. The fraction of sp³-hybridized carbons (Fsp3) is 0.435. The number of nitrogens with zero attached hydrogens (tertiary/aromatic N) is 1. The highest BCUT2D eigenvalue weighted by molar-refractivity contribution is 14.0. The number of aryl methyl sites for hydroxylation is 1. The highest BCUT2D eigenvalue weighted by Gasteiger charge is 2.39. The summed E-state index contributed by atoms with van der Waals surface area (Å²) in [7, 11) is -1.63. The average molecular weight is 577 g/mol. The van der Waals surface area contributed by atoms with E-state index in [2.05, 4.69) is 15.6 Å². The van der Waals surface area contributed by atoms with Gasteiger partial charge in [-0.3, -0.25) is 4.99 Å². The van der Waals surface area contributed by atoms with Gasteiger partial charge in [0.05, 0.1) is 4.90 Å². The third-order valence-corrected chi connectivity index (χ3v) is 7.23. The van der Waals surface area contributed by atoms with Crippen LogP contribution in [0.1, 0.15) is 42.4 Å². The van der Waals surface area contributed by atoms with Crippen molar-refractivity contribution in [2.75, 3.05) is 19.8 Å². The van der Waals surface area contributed by atoms with Crippen molar-refractivity contribution in [3.05, 3.63) is 64.7 Å². The van der Waals surface area contributed by atoms with Crippen LogP contribution in [0.4, 0.5) is 8.78 Å². The molecule has 0 saturated heterocycles. The smallest absolute Gasteiger partial charge is 0.191 e. The zero-order chi connectivity index (χ0) is 22.6. The number of hydrogen-bond donors (Lipinski definition) is 2. The molecule has 0 bridgehead atoms. The number of benzene rings is 2. The minimum Gasteiger partial charge on any atom is -0.356 e. The summed E-state index contributed by atoms with van der Waals surface area (Å²) in [4.78, 5) is 4.54. The number of aliphatic imine (C=N–C) groups is 1. The molecule has 1 aliphatic carbocycles. The minimum atomic E-state index is -3.26. The van der Waals surface area contributed by atoms with Crippen LogP contribution in [0.5, 0.6) is 0 Å². The van der Waals surface area contributed by atoms with Crippen LogP contribution >= 0.6 is 24.0 Å². The van der Waals surface area contributed by atoms with Crippen LogP contribution < -0.4 is 10.6 Å². The van der Waals surface area contributed by atoms with Crippen molar-refractivity contribution >= 4 is 39.8 Å². The molecule has 0 spiro atoms. The summed E-state index contributed by atoms with van der Waals surface area (Å²) in [5.41, 5.74) is 1.14. The van der Waals surface area contributed by atoms with Crippen LogP contribution in [0.2, 0.25) is 0 Å². The third-order valence-electron chi connectivity index (χ3n) is 5.97. The molecule has 0 aliphatic heterocycles. The second-order valence-electron chi connectivity index (χ2n) is 8.24. The highest BCUT2D eigenvalue weighted by atomic mass is 127. The summed E-state index contributed by atoms with van der Waals surface area (Å²) in [5.74, 6) is -0.492. The first-order valence-corrected chi connectivity index (χ1v) is 12.2. The molecule has 0 radical (unpaired) electrons. The van der Waals surface area contributed by atoms with Crippen LogP contribution in [-0.2, 0) is 21.8 Å². The van der Waals surface area contributed by atoms with E-state index >= 15 is 0 Å². The Hall–Kier alpha value is -1.75. The number of rotatable bonds is 6. The van der Waals surface area contributed by atoms with Crippen molar-refractivity contribution in [3.63, 3.8) is 0 Å². The molecule has 2 aromatic carbocycles. The number of nitrogens with one attached hydrogen (secondary N) is 2. The summed E-state index contributed by atoms with van der Waals surface area (Å²) in [6.45, 7) is 2.57. The van der Waals surface area contributed by atoms with E-state index in [4.69, 9.17) is 0 Å². The summed E-state index contributed by atoms with van der Waals surface area (Å²) < 4.78 is 52.6. The molecule has 0 unspecified atom stereocenters. The van der Waals surface area contributed by atoms with Crippen molar-refractivity contribution in [2.24, 2.45) is 4.99 Å². The Morgan fingerprint density at radius 2 is 1.72 bits per heavy atom. The molecule has 1 aliphatic rings. The monoisotopic (exact) mass is 577 g/mol. The Kier molecular flexibility index (Phi) is 9.04. The largest absolute Gasteiger partial charge is 0.356 e. The van der Waals surface area contributed by atoms with Crippen molar-refractivity contribution < 1.29 is 17.2 Å². The summed E-state index contributed by atoms with van der Waals surface area (Å²) in [6, 6.07) is 9.21. The van der Waals surface area contributed by atoms with Crippen LogP contribution in [0.15, 0.2) is 46.3 Å². The van der Waals surface area contributed by atoms with Gasteiger partial charge in [0.25, 0.3) is 0 Å². The van der Waals surface area contributed by atoms with Gasteiger partial charge in [-0.2, -0.15) is 0 Å². The van der Waals surface area contributed by atoms with Gasteiger partial charge >= 0.3 is 0 Å². The van der Waals surface area contributed by atoms with E-state index in [9.17, 15) is 17.2 Å². The van der Waals surface area contributed by atoms with Crippen molar-refractivity contribution in [1.82, 2.24) is 10.6 Å². The summed E-state index contributed by atoms with van der Waals surface area (Å²) >= 11 is 0. The lowest BCUT2D eigenvalue weighted by Crippen LogP contribution is -2.45. The van der Waals surface area contributed by atoms with Crippen LogP contribution in [-0.4, -0.2) is 34.2 Å². The molecule has 5 nitrogen and oxygen atoms in total. The van der Waals surface area contributed by atoms with Gasteiger partial charge in [0.15, 0.2) is 15.8 Å². The van der Waals surface area contributed by atoms with Gasteiger partial charge in [-0.15, -0.1) is 24.0 Å². The van der Waals surface area contributed by atoms with E-state index in [1.54, 1.807) is 26.1 Å². The summed E-state index contributed by atoms with van der Waals surface area (Å²) in [6.07, 6.45) is 4.46. The predicted octanol–water partition coefficient (Wildman–Crippen LogP) is 4.47. The molecule has 0 amide bonds. The maximum atomic E-state index is 14.5. The lowest BCUT2D eigenvalue weighted by atomic mass is 9.78. The Bertz CT molecular complexity index is 1060. The van der Waals surface area contributed by atoms with Crippen LogP contribution in [0, 0.1) is 18.6 Å². The molecule has 32 heavy (non-hydrogen) atoms. The van der Waals surface area contributed by atoms with E-state index in [-0.39, 0.29) is 29.5 Å². The molecule has 0 heterocycles. The number of sulfone groups is 1. The van der Waals surface area contributed by atoms with Crippen molar-refractivity contribution in [2.45, 2.75) is 49.5 Å². The lowest BCUT2D eigenvalue weighted by Gasteiger charge is -2.31. The van der Waals surface area contributed by atoms with Gasteiger partial charge in [-0.1, -0.05) is 31.0 Å². The maximum Gasteiger partial charge on any atom is 0.191 e. The Morgan fingerprint density at radius 1 is 1.09 bits per heavy atom. The molecule has 0 atom stereocenters. The van der Waals surface area contributed by atoms with Gasteiger partial charge in [0.2, 0.25) is 0 Å². The van der Waals surface area contributed by atoms with Gasteiger partial charge in [0.1, 0.15) is 11.6 Å². The molecule has 176 valence electrons. The van der Waals surface area contributed by atoms with Crippen LogP contribution in [0.3, 0.4) is 0 Å². The molecule has 2 aromatic rings. The molecule has 2 N–H and O–H groups in total. The summed E-state index contributed by atoms with van der Waals surface area (Å²) in [5, 5.41) is 6.43. The van der Waals surface area contributed by atoms with Crippen molar-refractivity contribution in [1.29, 1.82) is 0 Å². The fourth-order valence-corrected chi connectivity index (χ4v) is 5.43. The SMILES string of the molecule is CN=C(NCc1ccc(S(C)(=O)=O)c(C)c1)NCC1(c2c(F)cccc2F)CCCC1.I. The normalized spacial score (nSPS) is 15.8. The van der Waals surface area contributed by atoms with Gasteiger partial charge < -0.3 is 10.6 Å². The molecule has 3 rings (SSSR count). The van der Waals surface area contributed by atoms with E-state index in [0.29, 0.717) is 42.3 Å². The molecular weight excluding hydrogens is 547 g/mol. The number of halogens is 3. The number of guanidine groups is 1. The first kappa shape index (κ1) is 26.5. The third kappa shape index (κ3) is 5.98. The molecular formula is C23H30F2IN3O2S. The molecule has 9 heteroatoms. The Morgan fingerprint density at radius 3 is 2.25 bits per heavy atom. The van der Waals surface area contributed by atoms with E-state index in [0.717, 1.165) is 18.4 Å². The minimum absolute atomic E-state index is 0. The second kappa shape index (κ2) is 10.9. The highest BCUT2D eigenvalue weighted by Crippen LogP contribution is 2.42. The zero-order valence-electron chi connectivity index (χ0n) is 18.5. The van der Waals surface area contributed by atoms with Gasteiger partial charge in [0, 0.05) is 37.4 Å².